The van der Waals surface area contributed by atoms with Crippen molar-refractivity contribution in [3.63, 3.8) is 0 Å². The van der Waals surface area contributed by atoms with Gasteiger partial charge >= 0.3 is 0 Å². The molecule has 6 nitrogen and oxygen atoms in total. The minimum atomic E-state index is -3.82. The third-order valence-corrected chi connectivity index (χ3v) is 7.02. The zero-order valence-electron chi connectivity index (χ0n) is 14.9. The van der Waals surface area contributed by atoms with Gasteiger partial charge in [-0.15, -0.1) is 10.2 Å². The van der Waals surface area contributed by atoms with Crippen LogP contribution >= 0.6 is 27.5 Å². The standard InChI is InChI=1S/C19H18BrClN4O2S/c20-14-8-9-17(16(21)12-14)28(26,27)24-15-6-4-5-13(11-15)19-23-22-18-7-2-1-3-10-25(18)19/h4-6,8-9,11-12,24H,1-3,7,10H2. The Labute approximate surface area is 177 Å². The fourth-order valence-corrected chi connectivity index (χ4v) is 5.41. The fourth-order valence-electron chi connectivity index (χ4n) is 3.32. The van der Waals surface area contributed by atoms with Gasteiger partial charge in [0, 0.05) is 28.7 Å². The van der Waals surface area contributed by atoms with Gasteiger partial charge in [-0.2, -0.15) is 0 Å². The van der Waals surface area contributed by atoms with E-state index in [1.54, 1.807) is 30.3 Å². The summed E-state index contributed by atoms with van der Waals surface area (Å²) in [5.74, 6) is 1.75. The van der Waals surface area contributed by atoms with E-state index in [2.05, 4.69) is 35.4 Å². The first-order valence-electron chi connectivity index (χ1n) is 8.94. The van der Waals surface area contributed by atoms with Crippen molar-refractivity contribution in [2.45, 2.75) is 37.1 Å². The molecule has 1 N–H and O–H groups in total. The maximum atomic E-state index is 12.8. The van der Waals surface area contributed by atoms with Crippen LogP contribution in [0.1, 0.15) is 25.1 Å². The molecule has 0 saturated carbocycles. The second-order valence-corrected chi connectivity index (χ2v) is 9.64. The highest BCUT2D eigenvalue weighted by Crippen LogP contribution is 2.29. The van der Waals surface area contributed by atoms with Crippen LogP contribution in [0.15, 0.2) is 51.8 Å². The Morgan fingerprint density at radius 1 is 1.07 bits per heavy atom. The molecule has 3 aromatic rings. The van der Waals surface area contributed by atoms with Gasteiger partial charge in [0.25, 0.3) is 10.0 Å². The summed E-state index contributed by atoms with van der Waals surface area (Å²) in [6.45, 7) is 0.877. The fraction of sp³-hybridized carbons (Fsp3) is 0.263. The van der Waals surface area contributed by atoms with Gasteiger partial charge in [0.1, 0.15) is 10.7 Å². The van der Waals surface area contributed by atoms with Crippen LogP contribution in [0.4, 0.5) is 5.69 Å². The Bertz CT molecular complexity index is 1130. The molecule has 1 aliphatic rings. The number of nitrogens with zero attached hydrogens (tertiary/aromatic N) is 3. The molecule has 0 aliphatic carbocycles. The number of benzene rings is 2. The summed E-state index contributed by atoms with van der Waals surface area (Å²) >= 11 is 9.40. The van der Waals surface area contributed by atoms with Gasteiger partial charge in [0.15, 0.2) is 5.82 Å². The molecule has 0 bridgehead atoms. The highest BCUT2D eigenvalue weighted by molar-refractivity contribution is 9.10. The van der Waals surface area contributed by atoms with E-state index in [1.807, 2.05) is 6.07 Å². The van der Waals surface area contributed by atoms with Crippen LogP contribution in [0, 0.1) is 0 Å². The summed E-state index contributed by atoms with van der Waals surface area (Å²) in [7, 11) is -3.82. The molecule has 0 amide bonds. The van der Waals surface area contributed by atoms with Gasteiger partial charge in [-0.1, -0.05) is 46.1 Å². The molecule has 0 radical (unpaired) electrons. The number of fused-ring (bicyclic) bond motifs is 1. The predicted octanol–water partition coefficient (Wildman–Crippen LogP) is 4.89. The van der Waals surface area contributed by atoms with Gasteiger partial charge in [-0.25, -0.2) is 8.42 Å². The molecule has 0 atom stereocenters. The molecule has 9 heteroatoms. The lowest BCUT2D eigenvalue weighted by Crippen LogP contribution is -2.13. The van der Waals surface area contributed by atoms with Gasteiger partial charge in [-0.05, 0) is 43.2 Å². The molecule has 2 heterocycles. The van der Waals surface area contributed by atoms with Gasteiger partial charge < -0.3 is 4.57 Å². The van der Waals surface area contributed by atoms with Crippen LogP contribution < -0.4 is 4.72 Å². The molecule has 0 fully saturated rings. The van der Waals surface area contributed by atoms with E-state index < -0.39 is 10.0 Å². The number of anilines is 1. The van der Waals surface area contributed by atoms with E-state index in [-0.39, 0.29) is 9.92 Å². The Balaban J connectivity index is 1.65. The third kappa shape index (κ3) is 3.94. The first-order chi connectivity index (χ1) is 13.4. The highest BCUT2D eigenvalue weighted by atomic mass is 79.9. The van der Waals surface area contributed by atoms with Crippen molar-refractivity contribution in [1.82, 2.24) is 14.8 Å². The maximum absolute atomic E-state index is 12.8. The summed E-state index contributed by atoms with van der Waals surface area (Å²) < 4.78 is 31.0. The Morgan fingerprint density at radius 2 is 1.93 bits per heavy atom. The molecule has 2 aromatic carbocycles. The van der Waals surface area contributed by atoms with Gasteiger partial charge in [0.05, 0.1) is 5.02 Å². The molecule has 1 aromatic heterocycles. The summed E-state index contributed by atoms with van der Waals surface area (Å²) in [6, 6.07) is 11.8. The predicted molar refractivity (Wildman–Crippen MR) is 113 cm³/mol. The van der Waals surface area contributed by atoms with Gasteiger partial charge in [0.2, 0.25) is 0 Å². The molecule has 0 unspecified atom stereocenters. The van der Waals surface area contributed by atoms with Crippen LogP contribution in [0.25, 0.3) is 11.4 Å². The van der Waals surface area contributed by atoms with Crippen LogP contribution in [0.5, 0.6) is 0 Å². The van der Waals surface area contributed by atoms with Crippen molar-refractivity contribution in [3.8, 4) is 11.4 Å². The Hall–Kier alpha value is -1.90. The quantitative estimate of drug-likeness (QED) is 0.576. The summed E-state index contributed by atoms with van der Waals surface area (Å²) in [6.07, 6.45) is 4.30. The molecule has 4 rings (SSSR count). The van der Waals surface area contributed by atoms with Crippen molar-refractivity contribution >= 4 is 43.2 Å². The number of aromatic nitrogens is 3. The zero-order valence-corrected chi connectivity index (χ0v) is 18.1. The van der Waals surface area contributed by atoms with Gasteiger partial charge in [-0.3, -0.25) is 4.72 Å². The lowest BCUT2D eigenvalue weighted by Gasteiger charge is -2.12. The third-order valence-electron chi connectivity index (χ3n) is 4.67. The van der Waals surface area contributed by atoms with E-state index in [9.17, 15) is 8.42 Å². The minimum Gasteiger partial charge on any atom is -0.311 e. The van der Waals surface area contributed by atoms with E-state index in [0.717, 1.165) is 43.0 Å². The van der Waals surface area contributed by atoms with Crippen molar-refractivity contribution < 1.29 is 8.42 Å². The normalized spacial score (nSPS) is 14.4. The molecule has 28 heavy (non-hydrogen) atoms. The number of aryl methyl sites for hydroxylation is 1. The Morgan fingerprint density at radius 3 is 2.75 bits per heavy atom. The van der Waals surface area contributed by atoms with Crippen LogP contribution in [0.2, 0.25) is 5.02 Å². The van der Waals surface area contributed by atoms with Crippen LogP contribution in [-0.4, -0.2) is 23.2 Å². The molecular weight excluding hydrogens is 464 g/mol. The summed E-state index contributed by atoms with van der Waals surface area (Å²) in [5.41, 5.74) is 1.27. The number of halogens is 2. The monoisotopic (exact) mass is 480 g/mol. The lowest BCUT2D eigenvalue weighted by molar-refractivity contribution is 0.601. The van der Waals surface area contributed by atoms with E-state index in [0.29, 0.717) is 10.2 Å². The molecular formula is C19H18BrClN4O2S. The maximum Gasteiger partial charge on any atom is 0.263 e. The number of nitrogens with one attached hydrogen (secondary N) is 1. The average molecular weight is 482 g/mol. The van der Waals surface area contributed by atoms with Crippen molar-refractivity contribution in [2.75, 3.05) is 4.72 Å². The number of sulfonamides is 1. The smallest absolute Gasteiger partial charge is 0.263 e. The summed E-state index contributed by atoms with van der Waals surface area (Å²) in [5, 5.41) is 8.81. The first-order valence-corrected chi connectivity index (χ1v) is 11.6. The lowest BCUT2D eigenvalue weighted by atomic mass is 10.2. The first kappa shape index (κ1) is 19.4. The number of rotatable bonds is 4. The van der Waals surface area contributed by atoms with E-state index in [1.165, 1.54) is 12.5 Å². The second-order valence-electron chi connectivity index (χ2n) is 6.66. The van der Waals surface area contributed by atoms with E-state index >= 15 is 0 Å². The topological polar surface area (TPSA) is 76.9 Å². The van der Waals surface area contributed by atoms with Crippen LogP contribution in [-0.2, 0) is 23.0 Å². The Kier molecular flexibility index (Phi) is 5.44. The number of hydrogen-bond acceptors (Lipinski definition) is 4. The molecule has 146 valence electrons. The van der Waals surface area contributed by atoms with Crippen molar-refractivity contribution in [2.24, 2.45) is 0 Å². The average Bonchev–Trinajstić information content (AvgIpc) is 2.90. The van der Waals surface area contributed by atoms with Crippen molar-refractivity contribution in [1.29, 1.82) is 0 Å². The molecule has 1 aliphatic heterocycles. The SMILES string of the molecule is O=S(=O)(Nc1cccc(-c2nnc3n2CCCCC3)c1)c1ccc(Br)cc1Cl. The molecule has 0 spiro atoms. The summed E-state index contributed by atoms with van der Waals surface area (Å²) in [4.78, 5) is 0.0270. The van der Waals surface area contributed by atoms with Crippen LogP contribution in [0.3, 0.4) is 0 Å². The molecule has 0 saturated heterocycles. The van der Waals surface area contributed by atoms with Crippen molar-refractivity contribution in [3.05, 3.63) is 57.8 Å². The number of hydrogen-bond donors (Lipinski definition) is 1. The minimum absolute atomic E-state index is 0.0270. The zero-order chi connectivity index (χ0) is 19.7. The largest absolute Gasteiger partial charge is 0.311 e. The van der Waals surface area contributed by atoms with E-state index in [4.69, 9.17) is 11.6 Å². The second kappa shape index (κ2) is 7.85. The highest BCUT2D eigenvalue weighted by Gasteiger charge is 2.20.